The molecule has 4 rings (SSSR count). The zero-order valence-electron chi connectivity index (χ0n) is 22.1. The number of nitrogens with one attached hydrogen (secondary N) is 2. The summed E-state index contributed by atoms with van der Waals surface area (Å²) in [5, 5.41) is 21.7. The summed E-state index contributed by atoms with van der Waals surface area (Å²) >= 11 is 0. The lowest BCUT2D eigenvalue weighted by Gasteiger charge is -2.34. The summed E-state index contributed by atoms with van der Waals surface area (Å²) in [7, 11) is 0. The van der Waals surface area contributed by atoms with E-state index in [0.717, 1.165) is 21.4 Å². The molecule has 2 heterocycles. The summed E-state index contributed by atoms with van der Waals surface area (Å²) in [5.74, 6) is -2.87. The first-order valence-electron chi connectivity index (χ1n) is 13.0. The molecule has 1 fully saturated rings. The smallest absolute Gasteiger partial charge is 0.391 e. The van der Waals surface area contributed by atoms with Gasteiger partial charge in [-0.25, -0.2) is 0 Å². The van der Waals surface area contributed by atoms with Crippen LogP contribution in [0.1, 0.15) is 54.4 Å². The maximum Gasteiger partial charge on any atom is 0.391 e. The molecular formula is C28H32F3N5O3. The zero-order chi connectivity index (χ0) is 28.3. The van der Waals surface area contributed by atoms with Crippen molar-refractivity contribution in [2.45, 2.75) is 65.2 Å². The molecule has 3 aromatic rings. The van der Waals surface area contributed by atoms with E-state index in [1.165, 1.54) is 23.1 Å². The zero-order valence-corrected chi connectivity index (χ0v) is 22.1. The third kappa shape index (κ3) is 6.23. The highest BCUT2D eigenvalue weighted by Gasteiger charge is 2.44. The minimum absolute atomic E-state index is 0.0924. The third-order valence-electron chi connectivity index (χ3n) is 7.51. The van der Waals surface area contributed by atoms with Gasteiger partial charge in [0.2, 0.25) is 5.91 Å². The number of hydrogen-bond acceptors (Lipinski definition) is 4. The van der Waals surface area contributed by atoms with E-state index in [2.05, 4.69) is 15.7 Å². The first kappa shape index (κ1) is 28.1. The average molecular weight is 544 g/mol. The van der Waals surface area contributed by atoms with Crippen molar-refractivity contribution in [3.8, 4) is 11.1 Å². The van der Waals surface area contributed by atoms with Crippen LogP contribution in [0.25, 0.3) is 11.1 Å². The van der Waals surface area contributed by atoms with Crippen molar-refractivity contribution in [3.63, 3.8) is 0 Å². The second-order valence-electron chi connectivity index (χ2n) is 9.99. The number of carbonyl (C=O) groups excluding carboxylic acids is 2. The van der Waals surface area contributed by atoms with Gasteiger partial charge in [0.15, 0.2) is 11.9 Å². The molecule has 1 aromatic carbocycles. The van der Waals surface area contributed by atoms with Crippen molar-refractivity contribution >= 4 is 17.5 Å². The number of amides is 2. The summed E-state index contributed by atoms with van der Waals surface area (Å²) in [6.45, 7) is 5.91. The molecule has 1 aliphatic rings. The fraction of sp³-hybridized carbons (Fsp3) is 0.429. The van der Waals surface area contributed by atoms with Gasteiger partial charge in [-0.05, 0) is 74.8 Å². The molecule has 0 radical (unpaired) electrons. The van der Waals surface area contributed by atoms with E-state index < -0.39 is 35.9 Å². The van der Waals surface area contributed by atoms with Crippen molar-refractivity contribution in [1.29, 1.82) is 0 Å². The van der Waals surface area contributed by atoms with Gasteiger partial charge in [-0.15, -0.1) is 0 Å². The Morgan fingerprint density at radius 2 is 1.77 bits per heavy atom. The van der Waals surface area contributed by atoms with Crippen LogP contribution in [0.3, 0.4) is 0 Å². The summed E-state index contributed by atoms with van der Waals surface area (Å²) < 4.78 is 42.0. The second-order valence-corrected chi connectivity index (χ2v) is 9.99. The lowest BCUT2D eigenvalue weighted by atomic mass is 9.78. The third-order valence-corrected chi connectivity index (χ3v) is 7.51. The van der Waals surface area contributed by atoms with Gasteiger partial charge in [-0.3, -0.25) is 14.3 Å². The first-order chi connectivity index (χ1) is 18.5. The van der Waals surface area contributed by atoms with Crippen LogP contribution in [-0.2, 0) is 11.3 Å². The Hall–Kier alpha value is -3.89. The van der Waals surface area contributed by atoms with Crippen molar-refractivity contribution in [3.05, 3.63) is 71.0 Å². The second kappa shape index (κ2) is 11.5. The van der Waals surface area contributed by atoms with Gasteiger partial charge in [-0.1, -0.05) is 12.1 Å². The number of rotatable bonds is 7. The molecule has 1 aliphatic carbocycles. The van der Waals surface area contributed by atoms with Crippen LogP contribution in [0.4, 0.5) is 18.9 Å². The number of anilines is 1. The predicted octanol–water partition coefficient (Wildman–Crippen LogP) is 4.93. The highest BCUT2D eigenvalue weighted by Crippen LogP contribution is 2.40. The van der Waals surface area contributed by atoms with Crippen LogP contribution in [-0.4, -0.2) is 33.8 Å². The van der Waals surface area contributed by atoms with Crippen molar-refractivity contribution in [1.82, 2.24) is 15.1 Å². The monoisotopic (exact) mass is 543 g/mol. The number of halogens is 3. The molecule has 2 N–H and O–H groups in total. The maximum absolute atomic E-state index is 13.4. The van der Waals surface area contributed by atoms with Crippen molar-refractivity contribution in [2.75, 3.05) is 5.32 Å². The fourth-order valence-electron chi connectivity index (χ4n) is 5.32. The quantitative estimate of drug-likeness (QED) is 0.326. The van der Waals surface area contributed by atoms with Gasteiger partial charge in [0.05, 0.1) is 11.5 Å². The van der Waals surface area contributed by atoms with Gasteiger partial charge in [0, 0.05) is 31.4 Å². The number of nitrogens with zero attached hydrogens (tertiary/aromatic N) is 3. The van der Waals surface area contributed by atoms with Crippen LogP contribution >= 0.6 is 0 Å². The number of aromatic nitrogens is 3. The normalized spacial score (nSPS) is 18.4. The van der Waals surface area contributed by atoms with Gasteiger partial charge >= 0.3 is 6.18 Å². The largest absolute Gasteiger partial charge is 0.618 e. The summed E-state index contributed by atoms with van der Waals surface area (Å²) in [6.07, 6.45) is -1.20. The SMILES string of the molecule is CCn1nccc1C(=O)NC(C(=O)Nc1ccc(-c2c(C)cc[n+]([O-])c2C)cc1)C1CCC(C(F)(F)F)CC1. The number of benzene rings is 1. The number of carbonyl (C=O) groups is 2. The molecule has 0 saturated heterocycles. The van der Waals surface area contributed by atoms with E-state index >= 15 is 0 Å². The van der Waals surface area contributed by atoms with E-state index in [1.54, 1.807) is 37.3 Å². The molecular weight excluding hydrogens is 511 g/mol. The topological polar surface area (TPSA) is 103 Å². The van der Waals surface area contributed by atoms with E-state index in [4.69, 9.17) is 0 Å². The minimum Gasteiger partial charge on any atom is -0.618 e. The van der Waals surface area contributed by atoms with Crippen molar-refractivity contribution < 1.29 is 27.5 Å². The van der Waals surface area contributed by atoms with Crippen LogP contribution < -0.4 is 15.4 Å². The van der Waals surface area contributed by atoms with Crippen LogP contribution in [0.2, 0.25) is 0 Å². The molecule has 1 saturated carbocycles. The Morgan fingerprint density at radius 1 is 1.10 bits per heavy atom. The molecule has 1 atom stereocenters. The molecule has 208 valence electrons. The van der Waals surface area contributed by atoms with Crippen molar-refractivity contribution in [2.24, 2.45) is 11.8 Å². The predicted molar refractivity (Wildman–Crippen MR) is 140 cm³/mol. The standard InChI is InChI=1S/C28H32F3N5O3/c1-4-35-23(13-15-32-35)26(37)34-25(20-5-9-21(10-6-20)28(29,30)31)27(38)33-22-11-7-19(8-12-22)24-17(2)14-16-36(39)18(24)3/h7-8,11-16,20-21,25H,4-6,9-10H2,1-3H3,(H,33,38)(H,34,37). The number of pyridine rings is 1. The van der Waals surface area contributed by atoms with Crippen LogP contribution in [0, 0.1) is 30.9 Å². The van der Waals surface area contributed by atoms with E-state index in [-0.39, 0.29) is 31.4 Å². The summed E-state index contributed by atoms with van der Waals surface area (Å²) in [4.78, 5) is 26.5. The van der Waals surface area contributed by atoms with Crippen LogP contribution in [0.5, 0.6) is 0 Å². The fourth-order valence-corrected chi connectivity index (χ4v) is 5.32. The molecule has 2 amide bonds. The molecule has 0 aliphatic heterocycles. The lowest BCUT2D eigenvalue weighted by Crippen LogP contribution is -2.50. The Morgan fingerprint density at radius 3 is 2.38 bits per heavy atom. The highest BCUT2D eigenvalue weighted by atomic mass is 19.4. The summed E-state index contributed by atoms with van der Waals surface area (Å²) in [6, 6.07) is 9.20. The number of hydrogen-bond donors (Lipinski definition) is 2. The van der Waals surface area contributed by atoms with Gasteiger partial charge < -0.3 is 15.8 Å². The first-order valence-corrected chi connectivity index (χ1v) is 13.0. The van der Waals surface area contributed by atoms with E-state index in [9.17, 15) is 28.0 Å². The molecule has 11 heteroatoms. The number of aryl methyl sites for hydroxylation is 2. The molecule has 0 bridgehead atoms. The molecule has 0 spiro atoms. The van der Waals surface area contributed by atoms with E-state index in [0.29, 0.717) is 17.9 Å². The maximum atomic E-state index is 13.4. The van der Waals surface area contributed by atoms with Gasteiger partial charge in [0.25, 0.3) is 5.91 Å². The Balaban J connectivity index is 1.54. The Labute approximate surface area is 224 Å². The van der Waals surface area contributed by atoms with Crippen LogP contribution in [0.15, 0.2) is 48.8 Å². The molecule has 1 unspecified atom stereocenters. The lowest BCUT2D eigenvalue weighted by molar-refractivity contribution is -0.611. The number of alkyl halides is 3. The van der Waals surface area contributed by atoms with E-state index in [1.807, 2.05) is 13.8 Å². The average Bonchev–Trinajstić information content (AvgIpc) is 3.39. The van der Waals surface area contributed by atoms with Gasteiger partial charge in [0.1, 0.15) is 11.7 Å². The Kier molecular flexibility index (Phi) is 8.27. The minimum atomic E-state index is -4.28. The molecule has 2 aromatic heterocycles. The van der Waals surface area contributed by atoms with Gasteiger partial charge in [-0.2, -0.15) is 23.0 Å². The molecule has 8 nitrogen and oxygen atoms in total. The Bertz CT molecular complexity index is 1330. The molecule has 39 heavy (non-hydrogen) atoms. The highest BCUT2D eigenvalue weighted by molar-refractivity contribution is 6.00. The summed E-state index contributed by atoms with van der Waals surface area (Å²) in [5.41, 5.74) is 3.82.